The van der Waals surface area contributed by atoms with Crippen molar-refractivity contribution in [3.63, 3.8) is 0 Å². The Balaban J connectivity index is 1.88. The summed E-state index contributed by atoms with van der Waals surface area (Å²) >= 11 is 0. The molecule has 28 heavy (non-hydrogen) atoms. The molecular weight excluding hydrogens is 340 g/mol. The average molecular weight is 354 g/mol. The van der Waals surface area contributed by atoms with Crippen LogP contribution in [0, 0.1) is 0 Å². The third kappa shape index (κ3) is 1.59. The van der Waals surface area contributed by atoms with Crippen LogP contribution in [0.25, 0.3) is 65.6 Å². The molecule has 128 valence electrons. The van der Waals surface area contributed by atoms with E-state index in [0.29, 0.717) is 0 Å². The van der Waals surface area contributed by atoms with Crippen molar-refractivity contribution in [1.29, 1.82) is 0 Å². The first-order valence-corrected chi connectivity index (χ1v) is 9.52. The Morgan fingerprint density at radius 3 is 2.36 bits per heavy atom. The van der Waals surface area contributed by atoms with Crippen LogP contribution < -0.4 is 0 Å². The lowest BCUT2D eigenvalue weighted by atomic mass is 9.89. The maximum atomic E-state index is 4.80. The van der Waals surface area contributed by atoms with Crippen molar-refractivity contribution in [2.45, 2.75) is 0 Å². The highest BCUT2D eigenvalue weighted by Crippen LogP contribution is 2.54. The van der Waals surface area contributed by atoms with Gasteiger partial charge in [0.2, 0.25) is 0 Å². The lowest BCUT2D eigenvalue weighted by molar-refractivity contribution is 1.42. The predicted octanol–water partition coefficient (Wildman–Crippen LogP) is 6.74. The Hall–Kier alpha value is -3.78. The molecule has 0 saturated heterocycles. The zero-order valence-corrected chi connectivity index (χ0v) is 15.0. The normalized spacial score (nSPS) is 12.3. The van der Waals surface area contributed by atoms with Crippen LogP contribution in [0.1, 0.15) is 0 Å². The van der Waals surface area contributed by atoms with Gasteiger partial charge in [0.05, 0.1) is 11.0 Å². The summed E-state index contributed by atoms with van der Waals surface area (Å²) in [4.78, 5) is 9.44. The molecule has 7 rings (SSSR count). The fourth-order valence-electron chi connectivity index (χ4n) is 4.99. The van der Waals surface area contributed by atoms with E-state index in [-0.39, 0.29) is 0 Å². The van der Waals surface area contributed by atoms with E-state index >= 15 is 0 Å². The molecule has 0 aliphatic heterocycles. The summed E-state index contributed by atoms with van der Waals surface area (Å²) in [6, 6.07) is 25.9. The highest BCUT2D eigenvalue weighted by atomic mass is 14.7. The molecule has 0 spiro atoms. The van der Waals surface area contributed by atoms with E-state index in [2.05, 4.69) is 71.7 Å². The Morgan fingerprint density at radius 2 is 1.39 bits per heavy atom. The SMILES string of the molecule is c1cnc2c(c1)ccc1c3ccccc3c3c(c12)-c1ccnc2cccc-3c12. The van der Waals surface area contributed by atoms with E-state index in [1.165, 1.54) is 54.6 Å². The number of hydrogen-bond donors (Lipinski definition) is 0. The van der Waals surface area contributed by atoms with Gasteiger partial charge in [0.25, 0.3) is 0 Å². The standard InChI is InChI=1S/C26H14N2/c1-2-7-17-16(6-1)18-11-10-15-5-4-13-28-26(15)25(18)24-20-12-14-27-21-9-3-8-19(22(20)21)23(17)24/h1-14H. The Morgan fingerprint density at radius 1 is 0.500 bits per heavy atom. The molecular formula is C26H14N2. The Kier molecular flexibility index (Phi) is 2.52. The molecule has 6 aromatic rings. The predicted molar refractivity (Wildman–Crippen MR) is 116 cm³/mol. The van der Waals surface area contributed by atoms with E-state index in [9.17, 15) is 0 Å². The molecule has 0 amide bonds. The van der Waals surface area contributed by atoms with Gasteiger partial charge in [0, 0.05) is 34.1 Å². The highest BCUT2D eigenvalue weighted by molar-refractivity contribution is 6.33. The van der Waals surface area contributed by atoms with Gasteiger partial charge in [-0.2, -0.15) is 0 Å². The number of rotatable bonds is 0. The number of pyridine rings is 2. The van der Waals surface area contributed by atoms with Gasteiger partial charge >= 0.3 is 0 Å². The van der Waals surface area contributed by atoms with E-state index in [0.717, 1.165) is 11.0 Å². The number of benzene rings is 4. The minimum absolute atomic E-state index is 1.05. The first kappa shape index (κ1) is 14.3. The van der Waals surface area contributed by atoms with Crippen LogP contribution in [0.2, 0.25) is 0 Å². The lowest BCUT2D eigenvalue weighted by Crippen LogP contribution is -1.89. The third-order valence-corrected chi connectivity index (χ3v) is 6.07. The average Bonchev–Trinajstić information content (AvgIpc) is 3.10. The third-order valence-electron chi connectivity index (χ3n) is 6.07. The van der Waals surface area contributed by atoms with Crippen molar-refractivity contribution in [1.82, 2.24) is 9.97 Å². The number of nitrogens with zero attached hydrogens (tertiary/aromatic N) is 2. The second kappa shape index (κ2) is 4.93. The van der Waals surface area contributed by atoms with Crippen molar-refractivity contribution in [3.05, 3.63) is 85.2 Å². The maximum Gasteiger partial charge on any atom is 0.0786 e. The summed E-state index contributed by atoms with van der Waals surface area (Å²) in [7, 11) is 0. The van der Waals surface area contributed by atoms with Crippen LogP contribution in [0.3, 0.4) is 0 Å². The van der Waals surface area contributed by atoms with E-state index in [4.69, 9.17) is 4.98 Å². The van der Waals surface area contributed by atoms with Crippen LogP contribution >= 0.6 is 0 Å². The van der Waals surface area contributed by atoms with Crippen LogP contribution in [-0.2, 0) is 0 Å². The molecule has 1 aliphatic carbocycles. The molecule has 2 heteroatoms. The maximum absolute atomic E-state index is 4.80. The first-order valence-electron chi connectivity index (χ1n) is 9.52. The molecule has 0 atom stereocenters. The lowest BCUT2D eigenvalue weighted by Gasteiger charge is -2.14. The zero-order chi connectivity index (χ0) is 18.2. The molecule has 0 N–H and O–H groups in total. The summed E-state index contributed by atoms with van der Waals surface area (Å²) in [6.45, 7) is 0. The summed E-state index contributed by atoms with van der Waals surface area (Å²) < 4.78 is 0. The van der Waals surface area contributed by atoms with Gasteiger partial charge in [-0.1, -0.05) is 54.6 Å². The van der Waals surface area contributed by atoms with E-state index < -0.39 is 0 Å². The summed E-state index contributed by atoms with van der Waals surface area (Å²) in [5, 5.41) is 7.51. The zero-order valence-electron chi connectivity index (χ0n) is 15.0. The fourth-order valence-corrected chi connectivity index (χ4v) is 4.99. The summed E-state index contributed by atoms with van der Waals surface area (Å²) in [5.74, 6) is 0. The smallest absolute Gasteiger partial charge is 0.0786 e. The van der Waals surface area contributed by atoms with Crippen molar-refractivity contribution in [2.75, 3.05) is 0 Å². The molecule has 2 nitrogen and oxygen atoms in total. The molecule has 1 aliphatic rings. The Bertz CT molecular complexity index is 1600. The topological polar surface area (TPSA) is 25.8 Å². The van der Waals surface area contributed by atoms with Crippen LogP contribution in [-0.4, -0.2) is 9.97 Å². The minimum atomic E-state index is 1.05. The van der Waals surface area contributed by atoms with Gasteiger partial charge in [-0.15, -0.1) is 0 Å². The van der Waals surface area contributed by atoms with Crippen molar-refractivity contribution in [3.8, 4) is 22.3 Å². The largest absolute Gasteiger partial charge is 0.256 e. The van der Waals surface area contributed by atoms with Crippen molar-refractivity contribution >= 4 is 43.4 Å². The van der Waals surface area contributed by atoms with Crippen LogP contribution in [0.15, 0.2) is 85.2 Å². The van der Waals surface area contributed by atoms with E-state index in [1.54, 1.807) is 0 Å². The molecule has 2 heterocycles. The molecule has 2 aromatic heterocycles. The molecule has 0 bridgehead atoms. The fraction of sp³-hybridized carbons (Fsp3) is 0. The van der Waals surface area contributed by atoms with Crippen molar-refractivity contribution < 1.29 is 0 Å². The second-order valence-electron chi connectivity index (χ2n) is 7.42. The molecule has 0 radical (unpaired) electrons. The molecule has 0 fully saturated rings. The van der Waals surface area contributed by atoms with Gasteiger partial charge in [0.1, 0.15) is 0 Å². The van der Waals surface area contributed by atoms with Gasteiger partial charge in [-0.3, -0.25) is 9.97 Å². The molecule has 0 saturated carbocycles. The minimum Gasteiger partial charge on any atom is -0.256 e. The number of aromatic nitrogens is 2. The summed E-state index contributed by atoms with van der Waals surface area (Å²) in [5.41, 5.74) is 7.28. The van der Waals surface area contributed by atoms with Gasteiger partial charge in [0.15, 0.2) is 0 Å². The van der Waals surface area contributed by atoms with Gasteiger partial charge < -0.3 is 0 Å². The molecule has 4 aromatic carbocycles. The van der Waals surface area contributed by atoms with Crippen LogP contribution in [0.4, 0.5) is 0 Å². The van der Waals surface area contributed by atoms with Gasteiger partial charge in [-0.25, -0.2) is 0 Å². The van der Waals surface area contributed by atoms with Gasteiger partial charge in [-0.05, 0) is 51.0 Å². The van der Waals surface area contributed by atoms with Crippen LogP contribution in [0.5, 0.6) is 0 Å². The van der Waals surface area contributed by atoms with Crippen molar-refractivity contribution in [2.24, 2.45) is 0 Å². The molecule has 0 unspecified atom stereocenters. The summed E-state index contributed by atoms with van der Waals surface area (Å²) in [6.07, 6.45) is 3.82. The highest BCUT2D eigenvalue weighted by Gasteiger charge is 2.27. The van der Waals surface area contributed by atoms with E-state index in [1.807, 2.05) is 18.5 Å². The number of hydrogen-bond acceptors (Lipinski definition) is 2. The quantitative estimate of drug-likeness (QED) is 0.282. The number of fused-ring (bicyclic) bond motifs is 10. The second-order valence-corrected chi connectivity index (χ2v) is 7.42. The Labute approximate surface area is 161 Å². The monoisotopic (exact) mass is 354 g/mol. The first-order chi connectivity index (χ1) is 13.9.